The highest BCUT2D eigenvalue weighted by Crippen LogP contribution is 2.33. The number of hydrogen-bond donors (Lipinski definition) is 3. The molecule has 13 heteroatoms. The SMILES string of the molecule is Nc1ccc(OC(F)(F)F)cc1Nc1nc(-c2ccncc2)c2[nH]c(=O)n(C3CCOCC3)c2n1. The minimum absolute atomic E-state index is 0.0416. The van der Waals surface area contributed by atoms with Crippen LogP contribution in [-0.2, 0) is 4.74 Å². The maximum absolute atomic E-state index is 12.9. The Balaban J connectivity index is 1.63. The Morgan fingerprint density at radius 2 is 1.89 bits per heavy atom. The number of ether oxygens (including phenoxy) is 2. The van der Waals surface area contributed by atoms with Crippen molar-refractivity contribution in [1.82, 2.24) is 24.5 Å². The summed E-state index contributed by atoms with van der Waals surface area (Å²) in [5.41, 5.74) is 7.78. The van der Waals surface area contributed by atoms with Crippen LogP contribution in [0.5, 0.6) is 5.75 Å². The molecule has 4 aromatic rings. The Morgan fingerprint density at radius 1 is 1.14 bits per heavy atom. The van der Waals surface area contributed by atoms with Gasteiger partial charge in [-0.25, -0.2) is 9.78 Å². The molecule has 0 spiro atoms. The number of pyridine rings is 1. The molecule has 0 amide bonds. The number of benzene rings is 1. The number of nitrogens with zero attached hydrogens (tertiary/aromatic N) is 4. The summed E-state index contributed by atoms with van der Waals surface area (Å²) in [7, 11) is 0. The first-order chi connectivity index (χ1) is 16.8. The van der Waals surface area contributed by atoms with E-state index in [-0.39, 0.29) is 29.1 Å². The predicted octanol–water partition coefficient (Wildman–Crippen LogP) is 3.76. The Hall–Kier alpha value is -4.13. The van der Waals surface area contributed by atoms with E-state index in [4.69, 9.17) is 10.5 Å². The van der Waals surface area contributed by atoms with E-state index in [0.717, 1.165) is 12.1 Å². The molecule has 5 rings (SSSR count). The van der Waals surface area contributed by atoms with E-state index in [1.807, 2.05) is 0 Å². The van der Waals surface area contributed by atoms with E-state index in [9.17, 15) is 18.0 Å². The number of aromatic nitrogens is 5. The number of nitrogens with two attached hydrogens (primary N) is 1. The third kappa shape index (κ3) is 4.75. The summed E-state index contributed by atoms with van der Waals surface area (Å²) < 4.78 is 49.1. The van der Waals surface area contributed by atoms with Gasteiger partial charge in [0.05, 0.1) is 11.4 Å². The average molecular weight is 487 g/mol. The maximum atomic E-state index is 12.9. The fourth-order valence-electron chi connectivity index (χ4n) is 4.02. The molecule has 0 atom stereocenters. The lowest BCUT2D eigenvalue weighted by Crippen LogP contribution is -2.27. The Morgan fingerprint density at radius 3 is 2.60 bits per heavy atom. The molecule has 1 fully saturated rings. The quantitative estimate of drug-likeness (QED) is 0.363. The zero-order valence-electron chi connectivity index (χ0n) is 18.2. The van der Waals surface area contributed by atoms with Crippen LogP contribution in [-0.4, -0.2) is 44.1 Å². The second-order valence-corrected chi connectivity index (χ2v) is 7.90. The lowest BCUT2D eigenvalue weighted by molar-refractivity contribution is -0.274. The minimum Gasteiger partial charge on any atom is -0.406 e. The van der Waals surface area contributed by atoms with Gasteiger partial charge in [-0.15, -0.1) is 13.2 Å². The molecule has 0 aliphatic carbocycles. The van der Waals surface area contributed by atoms with Gasteiger partial charge >= 0.3 is 12.1 Å². The van der Waals surface area contributed by atoms with Crippen LogP contribution in [0.15, 0.2) is 47.5 Å². The molecule has 1 aliphatic heterocycles. The third-order valence-corrected chi connectivity index (χ3v) is 5.58. The van der Waals surface area contributed by atoms with Crippen molar-refractivity contribution in [3.8, 4) is 17.0 Å². The Labute approximate surface area is 195 Å². The molecule has 0 unspecified atom stereocenters. The first-order valence-electron chi connectivity index (χ1n) is 10.7. The van der Waals surface area contributed by atoms with Crippen LogP contribution in [0.4, 0.5) is 30.5 Å². The summed E-state index contributed by atoms with van der Waals surface area (Å²) in [5, 5.41) is 2.88. The fraction of sp³-hybridized carbons (Fsp3) is 0.273. The molecule has 0 saturated carbocycles. The smallest absolute Gasteiger partial charge is 0.406 e. The number of nitrogen functional groups attached to an aromatic ring is 1. The highest BCUT2D eigenvalue weighted by Gasteiger charge is 2.31. The van der Waals surface area contributed by atoms with Crippen LogP contribution in [0.1, 0.15) is 18.9 Å². The Bertz CT molecular complexity index is 1410. The fourth-order valence-corrected chi connectivity index (χ4v) is 4.02. The summed E-state index contributed by atoms with van der Waals surface area (Å²) in [6.45, 7) is 1.03. The monoisotopic (exact) mass is 487 g/mol. The van der Waals surface area contributed by atoms with Crippen molar-refractivity contribution in [2.45, 2.75) is 25.2 Å². The number of halogens is 3. The van der Waals surface area contributed by atoms with Crippen molar-refractivity contribution in [3.63, 3.8) is 0 Å². The molecule has 182 valence electrons. The molecular formula is C22H20F3N7O3. The molecule has 1 aliphatic rings. The summed E-state index contributed by atoms with van der Waals surface area (Å²) in [5.74, 6) is -0.412. The highest BCUT2D eigenvalue weighted by molar-refractivity contribution is 5.89. The molecule has 4 N–H and O–H groups in total. The van der Waals surface area contributed by atoms with Crippen LogP contribution in [0.25, 0.3) is 22.4 Å². The van der Waals surface area contributed by atoms with E-state index >= 15 is 0 Å². The van der Waals surface area contributed by atoms with E-state index in [0.29, 0.717) is 48.5 Å². The first-order valence-corrected chi connectivity index (χ1v) is 10.7. The van der Waals surface area contributed by atoms with Crippen LogP contribution in [0, 0.1) is 0 Å². The number of rotatable bonds is 5. The number of H-pyrrole nitrogens is 1. The van der Waals surface area contributed by atoms with Gasteiger partial charge in [-0.1, -0.05) is 0 Å². The zero-order chi connectivity index (χ0) is 24.6. The number of nitrogens with one attached hydrogen (secondary N) is 2. The molecule has 0 radical (unpaired) electrons. The van der Waals surface area contributed by atoms with E-state index < -0.39 is 12.1 Å². The number of hydrogen-bond acceptors (Lipinski definition) is 8. The number of fused-ring (bicyclic) bond motifs is 1. The first kappa shape index (κ1) is 22.7. The second kappa shape index (κ2) is 8.91. The predicted molar refractivity (Wildman–Crippen MR) is 121 cm³/mol. The molecule has 0 bridgehead atoms. The summed E-state index contributed by atoms with van der Waals surface area (Å²) in [4.78, 5) is 28.9. The third-order valence-electron chi connectivity index (χ3n) is 5.58. The van der Waals surface area contributed by atoms with Crippen molar-refractivity contribution in [1.29, 1.82) is 0 Å². The summed E-state index contributed by atoms with van der Waals surface area (Å²) in [6.07, 6.45) is -0.427. The van der Waals surface area contributed by atoms with Crippen LogP contribution < -0.4 is 21.5 Å². The van der Waals surface area contributed by atoms with Gasteiger partial charge in [-0.3, -0.25) is 9.55 Å². The second-order valence-electron chi connectivity index (χ2n) is 7.90. The minimum atomic E-state index is -4.86. The Kier molecular flexibility index (Phi) is 5.76. The van der Waals surface area contributed by atoms with Gasteiger partial charge in [0.25, 0.3) is 0 Å². The largest absolute Gasteiger partial charge is 0.573 e. The number of imidazole rings is 1. The molecular weight excluding hydrogens is 467 g/mol. The average Bonchev–Trinajstić information content (AvgIpc) is 3.16. The number of alkyl halides is 3. The normalized spacial score (nSPS) is 14.8. The maximum Gasteiger partial charge on any atom is 0.573 e. The molecule has 4 heterocycles. The standard InChI is InChI=1S/C22H20F3N7O3/c23-22(24,25)35-14-1-2-15(26)16(11-14)28-20-29-17(12-3-7-27-8-4-12)18-19(31-20)32(21(33)30-18)13-5-9-34-10-6-13/h1-4,7-8,11,13H,5-6,9-10,26H2,(H,30,33)(H,28,29,31). The zero-order valence-corrected chi connectivity index (χ0v) is 18.2. The van der Waals surface area contributed by atoms with Gasteiger partial charge in [-0.05, 0) is 37.1 Å². The van der Waals surface area contributed by atoms with Crippen LogP contribution in [0.3, 0.4) is 0 Å². The lowest BCUT2D eigenvalue weighted by Gasteiger charge is -2.23. The number of aromatic amines is 1. The highest BCUT2D eigenvalue weighted by atomic mass is 19.4. The molecule has 3 aromatic heterocycles. The van der Waals surface area contributed by atoms with Crippen LogP contribution in [0.2, 0.25) is 0 Å². The van der Waals surface area contributed by atoms with Gasteiger partial charge < -0.3 is 25.5 Å². The van der Waals surface area contributed by atoms with Gasteiger partial charge in [0, 0.05) is 43.3 Å². The van der Waals surface area contributed by atoms with Crippen molar-refractivity contribution in [2.24, 2.45) is 0 Å². The molecule has 35 heavy (non-hydrogen) atoms. The van der Waals surface area contributed by atoms with Gasteiger partial charge in [0.2, 0.25) is 5.95 Å². The van der Waals surface area contributed by atoms with Crippen molar-refractivity contribution < 1.29 is 22.6 Å². The van der Waals surface area contributed by atoms with Crippen molar-refractivity contribution >= 4 is 28.5 Å². The van der Waals surface area contributed by atoms with E-state index in [1.165, 1.54) is 6.07 Å². The van der Waals surface area contributed by atoms with Crippen molar-refractivity contribution in [2.75, 3.05) is 24.3 Å². The molecule has 1 saturated heterocycles. The van der Waals surface area contributed by atoms with Crippen molar-refractivity contribution in [3.05, 3.63) is 53.2 Å². The topological polar surface area (TPSA) is 133 Å². The van der Waals surface area contributed by atoms with Gasteiger partial charge in [-0.2, -0.15) is 4.98 Å². The van der Waals surface area contributed by atoms with Gasteiger partial charge in [0.15, 0.2) is 5.65 Å². The lowest BCUT2D eigenvalue weighted by atomic mass is 10.1. The summed E-state index contributed by atoms with van der Waals surface area (Å²) >= 11 is 0. The molecule has 10 nitrogen and oxygen atoms in total. The number of anilines is 3. The summed E-state index contributed by atoms with van der Waals surface area (Å²) in [6, 6.07) is 6.80. The van der Waals surface area contributed by atoms with E-state index in [2.05, 4.69) is 30.0 Å². The van der Waals surface area contributed by atoms with Gasteiger partial charge in [0.1, 0.15) is 17.0 Å². The van der Waals surface area contributed by atoms with E-state index in [1.54, 1.807) is 29.1 Å². The van der Waals surface area contributed by atoms with Crippen LogP contribution >= 0.6 is 0 Å². The molecule has 1 aromatic carbocycles.